The highest BCUT2D eigenvalue weighted by molar-refractivity contribution is 5.76. The van der Waals surface area contributed by atoms with E-state index >= 15 is 0 Å². The van der Waals surface area contributed by atoms with Crippen LogP contribution in [0.25, 0.3) is 0 Å². The van der Waals surface area contributed by atoms with E-state index in [0.29, 0.717) is 12.3 Å². The molecule has 1 amide bonds. The van der Waals surface area contributed by atoms with Gasteiger partial charge in [-0.1, -0.05) is 12.1 Å². The molecule has 158 valence electrons. The van der Waals surface area contributed by atoms with Crippen LogP contribution in [0, 0.1) is 11.7 Å². The minimum absolute atomic E-state index is 0.167. The predicted octanol–water partition coefficient (Wildman–Crippen LogP) is 3.00. The Hall–Kier alpha value is -2.28. The molecule has 1 aromatic heterocycles. The molecule has 1 saturated heterocycles. The number of rotatable bonds is 10. The second-order valence-corrected chi connectivity index (χ2v) is 7.88. The average Bonchev–Trinajstić information content (AvgIpc) is 3.24. The molecular weight excluding hydrogens is 369 g/mol. The van der Waals surface area contributed by atoms with Gasteiger partial charge in [-0.15, -0.1) is 0 Å². The van der Waals surface area contributed by atoms with Gasteiger partial charge in [0.2, 0.25) is 5.91 Å². The van der Waals surface area contributed by atoms with E-state index in [4.69, 9.17) is 0 Å². The van der Waals surface area contributed by atoms with Crippen LogP contribution < -0.4 is 0 Å². The summed E-state index contributed by atoms with van der Waals surface area (Å²) in [5.41, 5.74) is 1.05. The number of carbonyl (C=O) groups excluding carboxylic acids is 1. The third-order valence-corrected chi connectivity index (χ3v) is 5.67. The average molecular weight is 402 g/mol. The van der Waals surface area contributed by atoms with Crippen molar-refractivity contribution in [1.29, 1.82) is 0 Å². The van der Waals surface area contributed by atoms with Crippen molar-refractivity contribution in [2.45, 2.75) is 45.6 Å². The summed E-state index contributed by atoms with van der Waals surface area (Å²) in [5, 5.41) is 4.08. The summed E-state index contributed by atoms with van der Waals surface area (Å²) in [5.74, 6) is 0.569. The van der Waals surface area contributed by atoms with Crippen LogP contribution in [-0.4, -0.2) is 63.2 Å². The van der Waals surface area contributed by atoms with E-state index in [0.717, 1.165) is 64.1 Å². The zero-order valence-corrected chi connectivity index (χ0v) is 17.3. The van der Waals surface area contributed by atoms with E-state index in [1.807, 2.05) is 11.0 Å². The first-order valence-corrected chi connectivity index (χ1v) is 10.7. The van der Waals surface area contributed by atoms with Gasteiger partial charge in [0, 0.05) is 39.1 Å². The number of nitrogens with zero attached hydrogens (tertiary/aromatic N) is 5. The van der Waals surface area contributed by atoms with E-state index in [1.54, 1.807) is 23.1 Å². The Morgan fingerprint density at radius 1 is 1.34 bits per heavy atom. The summed E-state index contributed by atoms with van der Waals surface area (Å²) in [6, 6.07) is 6.87. The van der Waals surface area contributed by atoms with E-state index in [2.05, 4.69) is 21.9 Å². The van der Waals surface area contributed by atoms with Crippen LogP contribution in [0.1, 0.15) is 38.2 Å². The Kier molecular flexibility index (Phi) is 8.16. The van der Waals surface area contributed by atoms with Gasteiger partial charge in [0.1, 0.15) is 18.5 Å². The molecule has 2 aromatic rings. The number of piperidine rings is 1. The topological polar surface area (TPSA) is 54.3 Å². The van der Waals surface area contributed by atoms with Gasteiger partial charge >= 0.3 is 0 Å². The molecule has 0 radical (unpaired) electrons. The van der Waals surface area contributed by atoms with Gasteiger partial charge in [-0.3, -0.25) is 9.48 Å². The van der Waals surface area contributed by atoms with Gasteiger partial charge in [0.05, 0.1) is 0 Å². The highest BCUT2D eigenvalue weighted by Crippen LogP contribution is 2.19. The lowest BCUT2D eigenvalue weighted by molar-refractivity contribution is -0.132. The molecule has 1 unspecified atom stereocenters. The number of amides is 1. The quantitative estimate of drug-likeness (QED) is 0.614. The normalized spacial score (nSPS) is 17.4. The molecule has 29 heavy (non-hydrogen) atoms. The maximum absolute atomic E-state index is 13.4. The second kappa shape index (κ2) is 11.0. The minimum Gasteiger partial charge on any atom is -0.343 e. The number of carbonyl (C=O) groups is 1. The van der Waals surface area contributed by atoms with Crippen molar-refractivity contribution in [2.75, 3.05) is 32.7 Å². The monoisotopic (exact) mass is 401 g/mol. The number of hydrogen-bond donors (Lipinski definition) is 0. The van der Waals surface area contributed by atoms with Crippen LogP contribution in [0.2, 0.25) is 0 Å². The van der Waals surface area contributed by atoms with Crippen LogP contribution in [0.15, 0.2) is 36.9 Å². The molecule has 0 N–H and O–H groups in total. The smallest absolute Gasteiger partial charge is 0.222 e. The number of halogens is 1. The number of hydrogen-bond acceptors (Lipinski definition) is 4. The Morgan fingerprint density at radius 3 is 3.00 bits per heavy atom. The number of benzene rings is 1. The summed E-state index contributed by atoms with van der Waals surface area (Å²) in [4.78, 5) is 21.0. The molecule has 1 fully saturated rings. The molecule has 1 atom stereocenters. The lowest BCUT2D eigenvalue weighted by atomic mass is 9.96. The highest BCUT2D eigenvalue weighted by atomic mass is 19.1. The highest BCUT2D eigenvalue weighted by Gasteiger charge is 2.23. The predicted molar refractivity (Wildman–Crippen MR) is 111 cm³/mol. The third kappa shape index (κ3) is 6.92. The molecule has 3 rings (SSSR count). The van der Waals surface area contributed by atoms with Crippen LogP contribution in [-0.2, 0) is 17.8 Å². The maximum Gasteiger partial charge on any atom is 0.222 e. The van der Waals surface area contributed by atoms with E-state index in [9.17, 15) is 9.18 Å². The standard InChI is InChI=1S/C22H32FN5O/c1-2-27(22(29)9-5-12-28-18-24-17-25-28)16-20-7-4-11-26(15-20)13-10-19-6-3-8-21(23)14-19/h3,6,8,14,17-18,20H,2,4-5,7,9-13,15-16H2,1H3. The summed E-state index contributed by atoms with van der Waals surface area (Å²) in [7, 11) is 0. The maximum atomic E-state index is 13.4. The zero-order chi connectivity index (χ0) is 20.5. The molecule has 6 nitrogen and oxygen atoms in total. The summed E-state index contributed by atoms with van der Waals surface area (Å²) >= 11 is 0. The number of aryl methyl sites for hydroxylation is 1. The van der Waals surface area contributed by atoms with Crippen molar-refractivity contribution in [3.8, 4) is 0 Å². The minimum atomic E-state index is -0.167. The molecule has 7 heteroatoms. The molecule has 1 aliphatic heterocycles. The number of aromatic nitrogens is 3. The summed E-state index contributed by atoms with van der Waals surface area (Å²) in [6.45, 7) is 7.40. The van der Waals surface area contributed by atoms with Crippen LogP contribution in [0.5, 0.6) is 0 Å². The molecule has 1 aromatic carbocycles. The van der Waals surface area contributed by atoms with Gasteiger partial charge in [0.25, 0.3) is 0 Å². The van der Waals surface area contributed by atoms with Crippen LogP contribution >= 0.6 is 0 Å². The fraction of sp³-hybridized carbons (Fsp3) is 0.591. The second-order valence-electron chi connectivity index (χ2n) is 7.88. The van der Waals surface area contributed by atoms with Crippen LogP contribution in [0.3, 0.4) is 0 Å². The van der Waals surface area contributed by atoms with E-state index in [1.165, 1.54) is 18.8 Å². The van der Waals surface area contributed by atoms with Crippen molar-refractivity contribution in [3.05, 3.63) is 48.3 Å². The van der Waals surface area contributed by atoms with Crippen molar-refractivity contribution >= 4 is 5.91 Å². The molecule has 0 aliphatic carbocycles. The van der Waals surface area contributed by atoms with E-state index < -0.39 is 0 Å². The van der Waals surface area contributed by atoms with Gasteiger partial charge in [0.15, 0.2) is 0 Å². The SMILES string of the molecule is CCN(CC1CCCN(CCc2cccc(F)c2)C1)C(=O)CCCn1cncn1. The fourth-order valence-corrected chi connectivity index (χ4v) is 4.10. The Balaban J connectivity index is 1.41. The third-order valence-electron chi connectivity index (χ3n) is 5.67. The zero-order valence-electron chi connectivity index (χ0n) is 17.3. The molecule has 0 bridgehead atoms. The molecule has 1 aliphatic rings. The first kappa shape index (κ1) is 21.4. The lowest BCUT2D eigenvalue weighted by Crippen LogP contribution is -2.43. The fourth-order valence-electron chi connectivity index (χ4n) is 4.10. The lowest BCUT2D eigenvalue weighted by Gasteiger charge is -2.35. The molecular formula is C22H32FN5O. The first-order chi connectivity index (χ1) is 14.1. The Bertz CT molecular complexity index is 751. The van der Waals surface area contributed by atoms with Gasteiger partial charge < -0.3 is 9.80 Å². The largest absolute Gasteiger partial charge is 0.343 e. The van der Waals surface area contributed by atoms with Gasteiger partial charge in [-0.05, 0) is 62.8 Å². The molecule has 0 spiro atoms. The number of likely N-dealkylation sites (tertiary alicyclic amines) is 1. The summed E-state index contributed by atoms with van der Waals surface area (Å²) in [6.07, 6.45) is 7.72. The van der Waals surface area contributed by atoms with Gasteiger partial charge in [-0.2, -0.15) is 5.10 Å². The molecule has 2 heterocycles. The Labute approximate surface area is 172 Å². The summed E-state index contributed by atoms with van der Waals surface area (Å²) < 4.78 is 15.1. The van der Waals surface area contributed by atoms with Crippen molar-refractivity contribution in [2.24, 2.45) is 5.92 Å². The van der Waals surface area contributed by atoms with Crippen molar-refractivity contribution in [1.82, 2.24) is 24.6 Å². The van der Waals surface area contributed by atoms with E-state index in [-0.39, 0.29) is 11.7 Å². The van der Waals surface area contributed by atoms with Gasteiger partial charge in [-0.25, -0.2) is 9.37 Å². The first-order valence-electron chi connectivity index (χ1n) is 10.7. The van der Waals surface area contributed by atoms with Crippen LogP contribution in [0.4, 0.5) is 4.39 Å². The molecule has 0 saturated carbocycles. The van der Waals surface area contributed by atoms with Crippen molar-refractivity contribution < 1.29 is 9.18 Å². The Morgan fingerprint density at radius 2 is 2.24 bits per heavy atom. The van der Waals surface area contributed by atoms with Crippen molar-refractivity contribution in [3.63, 3.8) is 0 Å².